The van der Waals surface area contributed by atoms with Gasteiger partial charge in [-0.2, -0.15) is 0 Å². The van der Waals surface area contributed by atoms with Crippen molar-refractivity contribution in [2.24, 2.45) is 5.84 Å². The molecule has 0 aliphatic carbocycles. The van der Waals surface area contributed by atoms with Gasteiger partial charge < -0.3 is 0 Å². The summed E-state index contributed by atoms with van der Waals surface area (Å²) >= 11 is 12.2. The fourth-order valence-electron chi connectivity index (χ4n) is 2.05. The van der Waals surface area contributed by atoms with Crippen LogP contribution in [0.15, 0.2) is 42.5 Å². The van der Waals surface area contributed by atoms with Gasteiger partial charge in [0.1, 0.15) is 0 Å². The molecule has 2 nitrogen and oxygen atoms in total. The lowest BCUT2D eigenvalue weighted by Crippen LogP contribution is -2.29. The Kier molecular flexibility index (Phi) is 4.83. The summed E-state index contributed by atoms with van der Waals surface area (Å²) in [6.07, 6.45) is 1.01. The molecular weight excluding hydrogens is 279 g/mol. The molecule has 0 fully saturated rings. The van der Waals surface area contributed by atoms with Crippen LogP contribution in [0.4, 0.5) is 0 Å². The molecule has 1 atom stereocenters. The van der Waals surface area contributed by atoms with Crippen molar-refractivity contribution in [2.75, 3.05) is 0 Å². The summed E-state index contributed by atoms with van der Waals surface area (Å²) in [5.41, 5.74) is 6.02. The molecule has 0 bridgehead atoms. The molecule has 2 aromatic rings. The second-order valence-electron chi connectivity index (χ2n) is 4.36. The number of nitrogens with one attached hydrogen (secondary N) is 1. The van der Waals surface area contributed by atoms with Crippen molar-refractivity contribution in [1.29, 1.82) is 0 Å². The minimum Gasteiger partial charge on any atom is -0.271 e. The maximum atomic E-state index is 6.22. The number of benzene rings is 2. The molecule has 0 aromatic heterocycles. The maximum Gasteiger partial charge on any atom is 0.0725 e. The first-order valence-corrected chi connectivity index (χ1v) is 6.91. The van der Waals surface area contributed by atoms with E-state index in [9.17, 15) is 0 Å². The normalized spacial score (nSPS) is 12.4. The topological polar surface area (TPSA) is 38.0 Å². The summed E-state index contributed by atoms with van der Waals surface area (Å²) in [5.74, 6) is 5.67. The number of nitrogens with two attached hydrogens (primary N) is 1. The van der Waals surface area contributed by atoms with Gasteiger partial charge in [0, 0.05) is 10.0 Å². The van der Waals surface area contributed by atoms with Crippen LogP contribution >= 0.6 is 23.2 Å². The third-order valence-electron chi connectivity index (χ3n) is 3.16. The molecule has 0 spiro atoms. The predicted molar refractivity (Wildman–Crippen MR) is 81.4 cm³/mol. The first-order valence-electron chi connectivity index (χ1n) is 6.15. The average Bonchev–Trinajstić information content (AvgIpc) is 2.44. The first-order chi connectivity index (χ1) is 9.15. The number of hydrogen-bond donors (Lipinski definition) is 2. The third-order valence-corrected chi connectivity index (χ3v) is 3.74. The van der Waals surface area contributed by atoms with Gasteiger partial charge in [0.2, 0.25) is 0 Å². The highest BCUT2D eigenvalue weighted by Crippen LogP contribution is 2.30. The van der Waals surface area contributed by atoms with Gasteiger partial charge in [0.25, 0.3) is 0 Å². The molecule has 1 unspecified atom stereocenters. The van der Waals surface area contributed by atoms with Crippen molar-refractivity contribution < 1.29 is 0 Å². The number of hydrogen-bond acceptors (Lipinski definition) is 2. The van der Waals surface area contributed by atoms with Crippen LogP contribution in [0.3, 0.4) is 0 Å². The number of aryl methyl sites for hydroxylation is 1. The summed E-state index contributed by atoms with van der Waals surface area (Å²) in [7, 11) is 0. The lowest BCUT2D eigenvalue weighted by atomic mass is 9.98. The molecule has 4 heteroatoms. The summed E-state index contributed by atoms with van der Waals surface area (Å²) in [6, 6.07) is 13.5. The van der Waals surface area contributed by atoms with Crippen LogP contribution in [-0.4, -0.2) is 0 Å². The van der Waals surface area contributed by atoms with Crippen molar-refractivity contribution in [3.8, 4) is 0 Å². The van der Waals surface area contributed by atoms with Crippen LogP contribution in [0.25, 0.3) is 0 Å². The zero-order valence-corrected chi connectivity index (χ0v) is 12.2. The van der Waals surface area contributed by atoms with Gasteiger partial charge in [-0.3, -0.25) is 5.84 Å². The Morgan fingerprint density at radius 2 is 1.79 bits per heavy atom. The van der Waals surface area contributed by atoms with Crippen LogP contribution < -0.4 is 11.3 Å². The van der Waals surface area contributed by atoms with Crippen LogP contribution in [0, 0.1) is 0 Å². The molecule has 19 heavy (non-hydrogen) atoms. The van der Waals surface area contributed by atoms with Crippen molar-refractivity contribution in [3.05, 3.63) is 69.2 Å². The van der Waals surface area contributed by atoms with Crippen LogP contribution in [0.1, 0.15) is 29.7 Å². The third kappa shape index (κ3) is 3.28. The molecule has 100 valence electrons. The van der Waals surface area contributed by atoms with E-state index in [4.69, 9.17) is 29.0 Å². The minimum atomic E-state index is -0.169. The minimum absolute atomic E-state index is 0.169. The lowest BCUT2D eigenvalue weighted by Gasteiger charge is -2.19. The quantitative estimate of drug-likeness (QED) is 0.658. The molecule has 3 N–H and O–H groups in total. The largest absolute Gasteiger partial charge is 0.271 e. The van der Waals surface area contributed by atoms with Crippen molar-refractivity contribution >= 4 is 23.2 Å². The van der Waals surface area contributed by atoms with Crippen molar-refractivity contribution in [3.63, 3.8) is 0 Å². The molecule has 0 aliphatic heterocycles. The van der Waals surface area contributed by atoms with E-state index in [0.29, 0.717) is 10.0 Å². The summed E-state index contributed by atoms with van der Waals surface area (Å²) < 4.78 is 0. The van der Waals surface area contributed by atoms with Gasteiger partial charge >= 0.3 is 0 Å². The van der Waals surface area contributed by atoms with Crippen LogP contribution in [0.2, 0.25) is 10.0 Å². The molecule has 2 rings (SSSR count). The Balaban J connectivity index is 2.40. The van der Waals surface area contributed by atoms with Gasteiger partial charge in [-0.05, 0) is 41.3 Å². The van der Waals surface area contributed by atoms with Gasteiger partial charge in [-0.15, -0.1) is 0 Å². The fourth-order valence-corrected chi connectivity index (χ4v) is 2.45. The van der Waals surface area contributed by atoms with E-state index in [2.05, 4.69) is 36.6 Å². The van der Waals surface area contributed by atoms with Crippen molar-refractivity contribution in [2.45, 2.75) is 19.4 Å². The van der Waals surface area contributed by atoms with Crippen molar-refractivity contribution in [1.82, 2.24) is 5.43 Å². The Hall–Kier alpha value is -1.06. The van der Waals surface area contributed by atoms with Gasteiger partial charge in [0.15, 0.2) is 0 Å². The maximum absolute atomic E-state index is 6.22. The fraction of sp³-hybridized carbons (Fsp3) is 0.200. The second-order valence-corrected chi connectivity index (χ2v) is 5.20. The summed E-state index contributed by atoms with van der Waals surface area (Å²) in [6.45, 7) is 2.13. The monoisotopic (exact) mass is 294 g/mol. The summed E-state index contributed by atoms with van der Waals surface area (Å²) in [4.78, 5) is 0. The zero-order valence-electron chi connectivity index (χ0n) is 10.7. The van der Waals surface area contributed by atoms with Gasteiger partial charge in [-0.25, -0.2) is 5.43 Å². The SMILES string of the molecule is CCc1ccc(C(NN)c2cc(Cl)ccc2Cl)cc1. The second kappa shape index (κ2) is 6.40. The number of rotatable bonds is 4. The van der Waals surface area contributed by atoms with Gasteiger partial charge in [-0.1, -0.05) is 54.4 Å². The van der Waals surface area contributed by atoms with E-state index in [0.717, 1.165) is 17.5 Å². The van der Waals surface area contributed by atoms with E-state index in [1.54, 1.807) is 12.1 Å². The smallest absolute Gasteiger partial charge is 0.0725 e. The zero-order chi connectivity index (χ0) is 13.8. The van der Waals surface area contributed by atoms with E-state index in [-0.39, 0.29) is 6.04 Å². The van der Waals surface area contributed by atoms with Crippen LogP contribution in [-0.2, 0) is 6.42 Å². The first kappa shape index (κ1) is 14.4. The molecule has 0 aliphatic rings. The van der Waals surface area contributed by atoms with Gasteiger partial charge in [0.05, 0.1) is 6.04 Å². The van der Waals surface area contributed by atoms with E-state index in [1.807, 2.05) is 6.07 Å². The van der Waals surface area contributed by atoms with Crippen LogP contribution in [0.5, 0.6) is 0 Å². The summed E-state index contributed by atoms with van der Waals surface area (Å²) in [5, 5.41) is 1.29. The Morgan fingerprint density at radius 1 is 1.11 bits per heavy atom. The number of hydrazine groups is 1. The van der Waals surface area contributed by atoms with E-state index in [1.165, 1.54) is 5.56 Å². The molecule has 2 aromatic carbocycles. The Labute approximate surface area is 123 Å². The highest BCUT2D eigenvalue weighted by atomic mass is 35.5. The molecule has 0 saturated carbocycles. The lowest BCUT2D eigenvalue weighted by molar-refractivity contribution is 0.637. The molecule has 0 saturated heterocycles. The number of halogens is 2. The average molecular weight is 295 g/mol. The Morgan fingerprint density at radius 3 is 2.37 bits per heavy atom. The molecule has 0 radical (unpaired) electrons. The molecule has 0 amide bonds. The Bertz CT molecular complexity index is 553. The standard InChI is InChI=1S/C15H16Cl2N2/c1-2-10-3-5-11(6-4-10)15(19-18)13-9-12(16)7-8-14(13)17/h3-9,15,19H,2,18H2,1H3. The molecular formula is C15H16Cl2N2. The van der Waals surface area contributed by atoms with E-state index >= 15 is 0 Å². The highest BCUT2D eigenvalue weighted by Gasteiger charge is 2.15. The highest BCUT2D eigenvalue weighted by molar-refractivity contribution is 6.33. The molecule has 0 heterocycles. The van der Waals surface area contributed by atoms with E-state index < -0.39 is 0 Å². The predicted octanol–water partition coefficient (Wildman–Crippen LogP) is 4.11.